The van der Waals surface area contributed by atoms with Crippen molar-refractivity contribution >= 4 is 109 Å². The third-order valence-electron chi connectivity index (χ3n) is 23.6. The predicted molar refractivity (Wildman–Crippen MR) is 498 cm³/mol. The first-order valence-electron chi connectivity index (χ1n) is 40.7. The maximum absolute atomic E-state index is 5.27. The Bertz CT molecular complexity index is 7540. The summed E-state index contributed by atoms with van der Waals surface area (Å²) < 4.78 is 9.83. The normalized spacial score (nSPS) is 11.7. The highest BCUT2D eigenvalue weighted by Gasteiger charge is 2.27. The summed E-state index contributed by atoms with van der Waals surface area (Å²) in [6, 6.07) is 153. The van der Waals surface area contributed by atoms with Gasteiger partial charge in [-0.2, -0.15) is 0 Å². The Morgan fingerprint density at radius 3 is 0.850 bits per heavy atom. The van der Waals surface area contributed by atoms with Crippen molar-refractivity contribution < 1.29 is 0 Å². The van der Waals surface area contributed by atoms with E-state index in [1.165, 1.54) is 87.4 Å². The molecule has 0 fully saturated rings. The largest absolute Gasteiger partial charge is 0.309 e. The Labute approximate surface area is 691 Å². The topological polar surface area (TPSA) is 84.2 Å². The number of hydrogen-bond donors (Lipinski definition) is 0. The maximum atomic E-state index is 5.27. The zero-order chi connectivity index (χ0) is 79.1. The Kier molecular flexibility index (Phi) is 16.7. The van der Waals surface area contributed by atoms with Gasteiger partial charge in [0, 0.05) is 98.6 Å². The van der Waals surface area contributed by atoms with Gasteiger partial charge in [0.15, 0.2) is 23.3 Å². The second-order valence-electron chi connectivity index (χ2n) is 30.6. The van der Waals surface area contributed by atoms with E-state index in [0.717, 1.165) is 111 Å². The number of para-hydroxylation sites is 4. The van der Waals surface area contributed by atoms with Crippen LogP contribution in [0.25, 0.3) is 222 Å². The van der Waals surface area contributed by atoms with Crippen molar-refractivity contribution in [2.75, 3.05) is 0 Å². The van der Waals surface area contributed by atoms with E-state index < -0.39 is 0 Å². The molecule has 0 saturated heterocycles. The number of hydrogen-bond acceptors (Lipinski definition) is 5. The van der Waals surface area contributed by atoms with E-state index in [-0.39, 0.29) is 0 Å². The molecule has 9 nitrogen and oxygen atoms in total. The van der Waals surface area contributed by atoms with Crippen LogP contribution >= 0.6 is 0 Å². The molecule has 0 unspecified atom stereocenters. The molecule has 0 bridgehead atoms. The minimum absolute atomic E-state index is 0.622. The molecule has 0 saturated carbocycles. The minimum atomic E-state index is 0.622. The quantitative estimate of drug-likeness (QED) is 0.122. The molecule has 0 aliphatic carbocycles. The molecule has 9 heteroatoms. The van der Waals surface area contributed by atoms with Gasteiger partial charge in [-0.1, -0.05) is 340 Å². The van der Waals surface area contributed by atoms with Crippen LogP contribution in [0.15, 0.2) is 431 Å². The maximum Gasteiger partial charge on any atom is 0.164 e. The fourth-order valence-electron chi connectivity index (χ4n) is 18.2. The third kappa shape index (κ3) is 11.8. The Morgan fingerprint density at radius 1 is 0.158 bits per heavy atom. The Morgan fingerprint density at radius 2 is 0.458 bits per heavy atom. The lowest BCUT2D eigenvalue weighted by molar-refractivity contribution is 1.07. The van der Waals surface area contributed by atoms with E-state index in [4.69, 9.17) is 24.9 Å². The lowest BCUT2D eigenvalue weighted by atomic mass is 10.0. The molecule has 24 aromatic rings. The highest BCUT2D eigenvalue weighted by molar-refractivity contribution is 6.28. The van der Waals surface area contributed by atoms with Gasteiger partial charge < -0.3 is 18.3 Å². The monoisotopic (exact) mass is 1530 g/mol. The van der Waals surface area contributed by atoms with Crippen molar-refractivity contribution in [3.05, 3.63) is 431 Å². The van der Waals surface area contributed by atoms with Crippen LogP contribution in [0.3, 0.4) is 0 Å². The summed E-state index contributed by atoms with van der Waals surface area (Å²) >= 11 is 0. The van der Waals surface area contributed by atoms with Crippen LogP contribution in [0.1, 0.15) is 0 Å². The van der Waals surface area contributed by atoms with Gasteiger partial charge in [-0.3, -0.25) is 0 Å². The molecule has 0 radical (unpaired) electrons. The summed E-state index contributed by atoms with van der Waals surface area (Å²) in [7, 11) is 0. The molecule has 120 heavy (non-hydrogen) atoms. The number of aromatic nitrogens is 9. The molecule has 0 amide bonds. The summed E-state index contributed by atoms with van der Waals surface area (Å²) in [5, 5.41) is 14.2. The molecular formula is C111H71N9. The SMILES string of the molecule is c1ccc(-c2cccc(-n3c4ccccc4c4ccc5c(c6ccccc6n5-c5cc(-c6nc(-c7ccccc7)cc(-c7ccccc7)n6)cc6ccccc56)c43)c2)cc1.c1ccc(-c2cccc(-n3c4ccccc4c4ccc5c(c6ccccc6n5-c5cc(-c6nc(-c7ccccc7)nc(-c7ccccc7)n6)cc6ccccc56)c43)c2)cc1. The van der Waals surface area contributed by atoms with E-state index in [1.54, 1.807) is 0 Å². The highest BCUT2D eigenvalue weighted by Crippen LogP contribution is 2.47. The van der Waals surface area contributed by atoms with E-state index in [1.807, 2.05) is 48.5 Å². The number of nitrogens with zero attached hydrogens (tertiary/aromatic N) is 9. The first-order valence-corrected chi connectivity index (χ1v) is 40.7. The van der Waals surface area contributed by atoms with E-state index in [2.05, 4.69) is 400 Å². The molecule has 24 rings (SSSR count). The van der Waals surface area contributed by atoms with Crippen molar-refractivity contribution in [1.82, 2.24) is 43.2 Å². The van der Waals surface area contributed by atoms with Crippen LogP contribution in [0.5, 0.6) is 0 Å². The molecule has 18 aromatic carbocycles. The van der Waals surface area contributed by atoms with Gasteiger partial charge in [0.05, 0.1) is 66.9 Å². The van der Waals surface area contributed by atoms with Crippen molar-refractivity contribution in [2.24, 2.45) is 0 Å². The van der Waals surface area contributed by atoms with E-state index >= 15 is 0 Å². The van der Waals surface area contributed by atoms with Gasteiger partial charge in [-0.15, -0.1) is 0 Å². The summed E-state index contributed by atoms with van der Waals surface area (Å²) in [5.74, 6) is 2.58. The first-order chi connectivity index (χ1) is 59.5. The van der Waals surface area contributed by atoms with Crippen LogP contribution in [0.4, 0.5) is 0 Å². The summed E-state index contributed by atoms with van der Waals surface area (Å²) in [6.45, 7) is 0. The molecule has 0 aliphatic rings. The molecule has 0 aliphatic heterocycles. The molecule has 6 aromatic heterocycles. The standard InChI is InChI=1S/C56H36N4.C55H35N5/c1-4-17-37(18-5-1)40-24-16-25-43(34-40)59-50-29-14-12-27-45(50)46-31-32-52-54(55(46)59)47-28-13-15-30-51(47)60(52)53-35-42(33-41-23-10-11-26-44(41)53)56-57-48(38-19-6-2-7-20-38)36-49(58-56)39-21-8-3-9-22-39;1-4-17-36(18-5-1)39-24-16-25-42(34-39)59-47-29-14-12-27-44(47)45-31-32-49-51(52(45)59)46-28-13-15-30-48(46)60(49)50-35-41(33-40-23-10-11-26-43(40)50)55-57-53(37-19-6-2-7-20-37)56-54(58-55)38-21-8-3-9-22-38/h1-36H;1-35H. The van der Waals surface area contributed by atoms with Gasteiger partial charge >= 0.3 is 0 Å². The van der Waals surface area contributed by atoms with Crippen LogP contribution < -0.4 is 0 Å². The minimum Gasteiger partial charge on any atom is -0.309 e. The van der Waals surface area contributed by atoms with E-state index in [0.29, 0.717) is 23.3 Å². The predicted octanol–water partition coefficient (Wildman–Crippen LogP) is 28.4. The lowest BCUT2D eigenvalue weighted by Crippen LogP contribution is -2.02. The molecule has 0 spiro atoms. The summed E-state index contributed by atoms with van der Waals surface area (Å²) in [4.78, 5) is 25.8. The van der Waals surface area contributed by atoms with Crippen molar-refractivity contribution in [1.29, 1.82) is 0 Å². The first kappa shape index (κ1) is 69.3. The lowest BCUT2D eigenvalue weighted by Gasteiger charge is -2.15. The van der Waals surface area contributed by atoms with E-state index in [9.17, 15) is 0 Å². The average Bonchev–Trinajstić information content (AvgIpc) is 1.54. The van der Waals surface area contributed by atoms with Crippen LogP contribution in [-0.2, 0) is 0 Å². The van der Waals surface area contributed by atoms with Gasteiger partial charge in [0.1, 0.15) is 0 Å². The fraction of sp³-hybridized carbons (Fsp3) is 0. The number of rotatable bonds is 12. The molecular weight excluding hydrogens is 1460 g/mol. The summed E-state index contributed by atoms with van der Waals surface area (Å²) in [6.07, 6.45) is 0. The van der Waals surface area contributed by atoms with Gasteiger partial charge in [0.2, 0.25) is 0 Å². The van der Waals surface area contributed by atoms with Crippen LogP contribution in [0, 0.1) is 0 Å². The van der Waals surface area contributed by atoms with Gasteiger partial charge in [-0.05, 0) is 124 Å². The zero-order valence-electron chi connectivity index (χ0n) is 65.0. The van der Waals surface area contributed by atoms with Crippen molar-refractivity contribution in [3.8, 4) is 113 Å². The number of benzene rings is 18. The van der Waals surface area contributed by atoms with Crippen LogP contribution in [-0.4, -0.2) is 43.2 Å². The van der Waals surface area contributed by atoms with Gasteiger partial charge in [0.25, 0.3) is 0 Å². The molecule has 560 valence electrons. The molecule has 6 heterocycles. The van der Waals surface area contributed by atoms with Crippen molar-refractivity contribution in [2.45, 2.75) is 0 Å². The highest BCUT2D eigenvalue weighted by atomic mass is 15.1. The number of fused-ring (bicyclic) bond motifs is 16. The molecule has 0 atom stereocenters. The zero-order valence-corrected chi connectivity index (χ0v) is 65.0. The third-order valence-corrected chi connectivity index (χ3v) is 23.6. The van der Waals surface area contributed by atoms with Gasteiger partial charge in [-0.25, -0.2) is 24.9 Å². The summed E-state index contributed by atoms with van der Waals surface area (Å²) in [5.41, 5.74) is 26.0. The average molecular weight is 1530 g/mol. The smallest absolute Gasteiger partial charge is 0.164 e. The Balaban J connectivity index is 0.000000140. The second-order valence-corrected chi connectivity index (χ2v) is 30.6. The molecule has 0 N–H and O–H groups in total. The van der Waals surface area contributed by atoms with Crippen LogP contribution in [0.2, 0.25) is 0 Å². The fourth-order valence-corrected chi connectivity index (χ4v) is 18.2. The second kappa shape index (κ2) is 28.9. The van der Waals surface area contributed by atoms with Crippen molar-refractivity contribution in [3.63, 3.8) is 0 Å². The Hall–Kier alpha value is -16.2.